The number of carbonyl (C=O) groups excluding carboxylic acids is 1. The van der Waals surface area contributed by atoms with Gasteiger partial charge in [-0.15, -0.1) is 0 Å². The van der Waals surface area contributed by atoms with Crippen molar-refractivity contribution in [1.82, 2.24) is 4.31 Å². The minimum Gasteiger partial charge on any atom is -0.326 e. The Morgan fingerprint density at radius 3 is 2.47 bits per heavy atom. The number of nitrogens with one attached hydrogen (secondary N) is 1. The van der Waals surface area contributed by atoms with Crippen molar-refractivity contribution in [1.29, 1.82) is 0 Å². The molecule has 1 N–H and O–H groups in total. The highest BCUT2D eigenvalue weighted by Gasteiger charge is 2.35. The first kappa shape index (κ1) is 21.9. The van der Waals surface area contributed by atoms with Crippen molar-refractivity contribution < 1.29 is 18.1 Å². The standard InChI is InChI=1S/C21H25N3O5S/c1-14-10-15(2)20(16(3)11-14)30(28,29)23-9-5-6-17(13-23)21(25)22-18-7-4-8-19(12-18)24(26)27/h4,7-8,10-12,17H,5-6,9,13H2,1-3H3,(H,22,25)/t17-/m0/s1. The number of nitro benzene ring substituents is 1. The lowest BCUT2D eigenvalue weighted by molar-refractivity contribution is -0.384. The van der Waals surface area contributed by atoms with Gasteiger partial charge in [0.15, 0.2) is 0 Å². The number of non-ortho nitro benzene ring substituents is 1. The van der Waals surface area contributed by atoms with Gasteiger partial charge in [-0.25, -0.2) is 8.42 Å². The Morgan fingerprint density at radius 2 is 1.83 bits per heavy atom. The lowest BCUT2D eigenvalue weighted by atomic mass is 9.98. The van der Waals surface area contributed by atoms with E-state index in [1.54, 1.807) is 19.9 Å². The average molecular weight is 432 g/mol. The van der Waals surface area contributed by atoms with Gasteiger partial charge in [0.25, 0.3) is 5.69 Å². The molecule has 8 nitrogen and oxygen atoms in total. The maximum atomic E-state index is 13.3. The van der Waals surface area contributed by atoms with E-state index in [-0.39, 0.29) is 18.1 Å². The van der Waals surface area contributed by atoms with E-state index in [1.807, 2.05) is 19.1 Å². The highest BCUT2D eigenvalue weighted by molar-refractivity contribution is 7.89. The first-order valence-corrected chi connectivity index (χ1v) is 11.2. The summed E-state index contributed by atoms with van der Waals surface area (Å²) in [5.74, 6) is -0.869. The summed E-state index contributed by atoms with van der Waals surface area (Å²) in [6.07, 6.45) is 1.12. The third kappa shape index (κ3) is 4.52. The van der Waals surface area contributed by atoms with Gasteiger partial charge in [-0.3, -0.25) is 14.9 Å². The van der Waals surface area contributed by atoms with Gasteiger partial charge in [-0.1, -0.05) is 23.8 Å². The summed E-state index contributed by atoms with van der Waals surface area (Å²) in [6, 6.07) is 9.38. The fraction of sp³-hybridized carbons (Fsp3) is 0.381. The normalized spacial score (nSPS) is 17.5. The molecule has 0 aliphatic carbocycles. The van der Waals surface area contributed by atoms with Crippen LogP contribution in [0.3, 0.4) is 0 Å². The van der Waals surface area contributed by atoms with E-state index in [0.717, 1.165) is 5.56 Å². The van der Waals surface area contributed by atoms with Crippen molar-refractivity contribution in [2.45, 2.75) is 38.5 Å². The van der Waals surface area contributed by atoms with Crippen LogP contribution in [0.4, 0.5) is 11.4 Å². The fourth-order valence-corrected chi connectivity index (χ4v) is 5.95. The number of anilines is 1. The van der Waals surface area contributed by atoms with E-state index < -0.39 is 20.9 Å². The number of benzene rings is 2. The molecule has 2 aromatic rings. The van der Waals surface area contributed by atoms with Crippen molar-refractivity contribution in [3.8, 4) is 0 Å². The van der Waals surface area contributed by atoms with Gasteiger partial charge in [0.1, 0.15) is 0 Å². The molecule has 30 heavy (non-hydrogen) atoms. The number of piperidine rings is 1. The molecular weight excluding hydrogens is 406 g/mol. The zero-order valence-corrected chi connectivity index (χ0v) is 18.0. The van der Waals surface area contributed by atoms with Gasteiger partial charge in [-0.05, 0) is 50.8 Å². The molecule has 3 rings (SSSR count). The Kier molecular flexibility index (Phi) is 6.23. The van der Waals surface area contributed by atoms with Crippen LogP contribution >= 0.6 is 0 Å². The van der Waals surface area contributed by atoms with Gasteiger partial charge in [0, 0.05) is 30.9 Å². The molecule has 1 saturated heterocycles. The zero-order valence-electron chi connectivity index (χ0n) is 17.2. The minimum atomic E-state index is -3.73. The van der Waals surface area contributed by atoms with Crippen molar-refractivity contribution in [3.05, 3.63) is 63.2 Å². The van der Waals surface area contributed by atoms with Crippen LogP contribution in [0.15, 0.2) is 41.3 Å². The SMILES string of the molecule is Cc1cc(C)c(S(=O)(=O)N2CCC[C@H](C(=O)Nc3cccc([N+](=O)[O-])c3)C2)c(C)c1. The molecule has 160 valence electrons. The van der Waals surface area contributed by atoms with Crippen LogP contribution in [0.5, 0.6) is 0 Å². The topological polar surface area (TPSA) is 110 Å². The van der Waals surface area contributed by atoms with E-state index in [4.69, 9.17) is 0 Å². The number of amides is 1. The molecular formula is C21H25N3O5S. The average Bonchev–Trinajstić information content (AvgIpc) is 2.67. The van der Waals surface area contributed by atoms with Crippen LogP contribution in [-0.4, -0.2) is 36.6 Å². The molecule has 1 amide bonds. The van der Waals surface area contributed by atoms with E-state index in [1.165, 1.54) is 22.5 Å². The number of nitrogens with zero attached hydrogens (tertiary/aromatic N) is 2. The van der Waals surface area contributed by atoms with Crippen molar-refractivity contribution in [2.24, 2.45) is 5.92 Å². The molecule has 1 fully saturated rings. The molecule has 0 aromatic heterocycles. The van der Waals surface area contributed by atoms with Crippen LogP contribution < -0.4 is 5.32 Å². The molecule has 1 heterocycles. The number of hydrogen-bond acceptors (Lipinski definition) is 5. The van der Waals surface area contributed by atoms with Crippen LogP contribution in [0.1, 0.15) is 29.5 Å². The second-order valence-electron chi connectivity index (χ2n) is 7.73. The molecule has 0 radical (unpaired) electrons. The zero-order chi connectivity index (χ0) is 22.1. The quantitative estimate of drug-likeness (QED) is 0.575. The van der Waals surface area contributed by atoms with E-state index in [2.05, 4.69) is 5.32 Å². The first-order valence-electron chi connectivity index (χ1n) is 9.73. The molecule has 0 unspecified atom stereocenters. The number of aryl methyl sites for hydroxylation is 3. The summed E-state index contributed by atoms with van der Waals surface area (Å²) >= 11 is 0. The Hall–Kier alpha value is -2.78. The molecule has 0 bridgehead atoms. The van der Waals surface area contributed by atoms with Gasteiger partial charge >= 0.3 is 0 Å². The second-order valence-corrected chi connectivity index (χ2v) is 9.60. The van der Waals surface area contributed by atoms with E-state index in [0.29, 0.717) is 41.1 Å². The highest BCUT2D eigenvalue weighted by atomic mass is 32.2. The molecule has 1 atom stereocenters. The molecule has 9 heteroatoms. The van der Waals surface area contributed by atoms with Gasteiger partial charge in [0.05, 0.1) is 15.7 Å². The molecule has 0 spiro atoms. The van der Waals surface area contributed by atoms with Crippen molar-refractivity contribution >= 4 is 27.3 Å². The smallest absolute Gasteiger partial charge is 0.271 e. The third-order valence-corrected chi connectivity index (χ3v) is 7.45. The maximum absolute atomic E-state index is 13.3. The fourth-order valence-electron chi connectivity index (χ4n) is 4.02. The Bertz CT molecular complexity index is 1070. The van der Waals surface area contributed by atoms with Gasteiger partial charge < -0.3 is 5.32 Å². The first-order chi connectivity index (χ1) is 14.1. The number of hydrogen-bond donors (Lipinski definition) is 1. The van der Waals surface area contributed by atoms with Gasteiger partial charge in [0.2, 0.25) is 15.9 Å². The Balaban J connectivity index is 1.79. The summed E-state index contributed by atoms with van der Waals surface area (Å²) in [6.45, 7) is 5.92. The lowest BCUT2D eigenvalue weighted by Gasteiger charge is -2.32. The van der Waals surface area contributed by atoms with Gasteiger partial charge in [-0.2, -0.15) is 4.31 Å². The summed E-state index contributed by atoms with van der Waals surface area (Å²) < 4.78 is 28.0. The van der Waals surface area contributed by atoms with Crippen molar-refractivity contribution in [2.75, 3.05) is 18.4 Å². The Morgan fingerprint density at radius 1 is 1.17 bits per heavy atom. The third-order valence-electron chi connectivity index (χ3n) is 5.28. The van der Waals surface area contributed by atoms with Crippen LogP contribution in [-0.2, 0) is 14.8 Å². The van der Waals surface area contributed by atoms with E-state index in [9.17, 15) is 23.3 Å². The second kappa shape index (κ2) is 8.53. The number of carbonyl (C=O) groups is 1. The van der Waals surface area contributed by atoms with E-state index >= 15 is 0 Å². The molecule has 1 aliphatic heterocycles. The van der Waals surface area contributed by atoms with Crippen LogP contribution in [0.2, 0.25) is 0 Å². The van der Waals surface area contributed by atoms with Crippen molar-refractivity contribution in [3.63, 3.8) is 0 Å². The number of sulfonamides is 1. The highest BCUT2D eigenvalue weighted by Crippen LogP contribution is 2.29. The van der Waals surface area contributed by atoms with Crippen LogP contribution in [0.25, 0.3) is 0 Å². The summed E-state index contributed by atoms with van der Waals surface area (Å²) in [5.41, 5.74) is 2.58. The summed E-state index contributed by atoms with van der Waals surface area (Å²) in [5, 5.41) is 13.6. The lowest BCUT2D eigenvalue weighted by Crippen LogP contribution is -2.44. The predicted molar refractivity (Wildman–Crippen MR) is 114 cm³/mol. The summed E-state index contributed by atoms with van der Waals surface area (Å²) in [4.78, 5) is 23.4. The maximum Gasteiger partial charge on any atom is 0.271 e. The number of rotatable bonds is 5. The molecule has 1 aliphatic rings. The Labute approximate surface area is 176 Å². The molecule has 2 aromatic carbocycles. The number of nitro groups is 1. The summed E-state index contributed by atoms with van der Waals surface area (Å²) in [7, 11) is -3.73. The predicted octanol–water partition coefficient (Wildman–Crippen LogP) is 3.56. The largest absolute Gasteiger partial charge is 0.326 e. The van der Waals surface area contributed by atoms with Crippen LogP contribution in [0, 0.1) is 36.8 Å². The molecule has 0 saturated carbocycles. The minimum absolute atomic E-state index is 0.0792. The monoisotopic (exact) mass is 431 g/mol.